The molecule has 4 aliphatic heterocycles. The van der Waals surface area contributed by atoms with Crippen molar-refractivity contribution < 1.29 is 37.9 Å². The first-order valence-electron chi connectivity index (χ1n) is 11.2. The summed E-state index contributed by atoms with van der Waals surface area (Å²) >= 11 is 0. The van der Waals surface area contributed by atoms with Crippen LogP contribution in [-0.2, 0) is 61.0 Å². The molecule has 32 heavy (non-hydrogen) atoms. The lowest BCUT2D eigenvalue weighted by Gasteiger charge is -2.61. The summed E-state index contributed by atoms with van der Waals surface area (Å²) in [5.41, 5.74) is 5.30. The van der Waals surface area contributed by atoms with E-state index in [1.165, 1.54) is 0 Å². The molecule has 2 aromatic carbocycles. The summed E-state index contributed by atoms with van der Waals surface area (Å²) in [6.07, 6.45) is 0. The number of hydrogen-bond acceptors (Lipinski definition) is 8. The maximum atomic E-state index is 6.42. The summed E-state index contributed by atoms with van der Waals surface area (Å²) < 4.78 is 51.3. The Labute approximate surface area is 184 Å². The topological polar surface area (TPSA) is 73.8 Å². The molecule has 8 heteroatoms. The minimum Gasteiger partial charge on any atom is -0.339 e. The minimum absolute atomic E-state index is 0.401. The van der Waals surface area contributed by atoms with Gasteiger partial charge in [0.15, 0.2) is 0 Å². The zero-order valence-electron chi connectivity index (χ0n) is 17.4. The second kappa shape index (κ2) is 5.97. The van der Waals surface area contributed by atoms with Crippen LogP contribution in [0.4, 0.5) is 0 Å². The molecule has 0 saturated carbocycles. The maximum absolute atomic E-state index is 6.42. The van der Waals surface area contributed by atoms with Crippen LogP contribution >= 0.6 is 0 Å². The first kappa shape index (κ1) is 18.5. The molecule has 8 rings (SSSR count). The fraction of sp³-hybridized carbons (Fsp3) is 0.500. The van der Waals surface area contributed by atoms with E-state index in [0.717, 1.165) is 33.4 Å². The Morgan fingerprint density at radius 1 is 0.375 bits per heavy atom. The number of hydrogen-bond donors (Lipinski definition) is 0. The van der Waals surface area contributed by atoms with Gasteiger partial charge in [-0.25, -0.2) is 0 Å². The van der Waals surface area contributed by atoms with Crippen molar-refractivity contribution in [3.63, 3.8) is 0 Å². The van der Waals surface area contributed by atoms with Crippen LogP contribution in [0.5, 0.6) is 0 Å². The van der Waals surface area contributed by atoms with E-state index in [0.29, 0.717) is 52.9 Å². The third-order valence-corrected chi connectivity index (χ3v) is 7.44. The molecule has 166 valence electrons. The molecule has 2 aromatic rings. The van der Waals surface area contributed by atoms with Crippen LogP contribution < -0.4 is 0 Å². The average molecular weight is 438 g/mol. The zero-order chi connectivity index (χ0) is 21.0. The molecule has 4 heterocycles. The predicted molar refractivity (Wildman–Crippen MR) is 106 cm³/mol. The zero-order valence-corrected chi connectivity index (χ0v) is 17.4. The Morgan fingerprint density at radius 2 is 0.594 bits per heavy atom. The van der Waals surface area contributed by atoms with Crippen molar-refractivity contribution in [3.8, 4) is 11.1 Å². The van der Waals surface area contributed by atoms with Crippen molar-refractivity contribution >= 4 is 0 Å². The predicted octanol–water partition coefficient (Wildman–Crippen LogP) is 2.18. The van der Waals surface area contributed by atoms with Gasteiger partial charge in [-0.3, -0.25) is 0 Å². The van der Waals surface area contributed by atoms with Crippen LogP contribution in [0.15, 0.2) is 36.4 Å². The van der Waals surface area contributed by atoms with Crippen molar-refractivity contribution in [3.05, 3.63) is 58.7 Å². The van der Waals surface area contributed by atoms with Crippen LogP contribution in [0.25, 0.3) is 11.1 Å². The first-order valence-corrected chi connectivity index (χ1v) is 11.2. The normalized spacial score (nSPS) is 40.9. The highest BCUT2D eigenvalue weighted by molar-refractivity contribution is 5.85. The molecular formula is C24H22O8. The minimum atomic E-state index is -1.22. The van der Waals surface area contributed by atoms with Gasteiger partial charge in [0.2, 0.25) is 0 Å². The number of rotatable bonds is 0. The van der Waals surface area contributed by atoms with Crippen LogP contribution in [0.2, 0.25) is 0 Å². The molecule has 0 spiro atoms. The van der Waals surface area contributed by atoms with E-state index in [1.807, 2.05) is 36.4 Å². The van der Waals surface area contributed by atoms with Gasteiger partial charge in [0.1, 0.15) is 0 Å². The van der Waals surface area contributed by atoms with Gasteiger partial charge in [0, 0.05) is 33.4 Å². The Bertz CT molecular complexity index is 949. The third kappa shape index (κ3) is 1.77. The summed E-state index contributed by atoms with van der Waals surface area (Å²) in [7, 11) is 0. The Hall–Kier alpha value is -1.88. The molecule has 0 radical (unpaired) electrons. The van der Waals surface area contributed by atoms with Gasteiger partial charge in [0.25, 0.3) is 23.1 Å². The molecular weight excluding hydrogens is 416 g/mol. The van der Waals surface area contributed by atoms with Gasteiger partial charge in [-0.1, -0.05) is 36.4 Å². The molecule has 0 N–H and O–H groups in total. The van der Waals surface area contributed by atoms with Crippen molar-refractivity contribution in [2.75, 3.05) is 52.9 Å². The molecule has 6 aliphatic rings. The highest BCUT2D eigenvalue weighted by Crippen LogP contribution is 2.67. The highest BCUT2D eigenvalue weighted by Gasteiger charge is 2.72. The van der Waals surface area contributed by atoms with Gasteiger partial charge in [-0.05, 0) is 0 Å². The van der Waals surface area contributed by atoms with Crippen LogP contribution in [0.3, 0.4) is 0 Å². The lowest BCUT2D eigenvalue weighted by Crippen LogP contribution is -2.67. The summed E-state index contributed by atoms with van der Waals surface area (Å²) in [6, 6.07) is 12.0. The Kier molecular flexibility index (Phi) is 3.46. The maximum Gasteiger partial charge on any atom is 0.256 e. The van der Waals surface area contributed by atoms with Crippen molar-refractivity contribution in [2.24, 2.45) is 0 Å². The second-order valence-corrected chi connectivity index (χ2v) is 8.71. The smallest absolute Gasteiger partial charge is 0.256 e. The van der Waals surface area contributed by atoms with E-state index in [4.69, 9.17) is 37.9 Å². The van der Waals surface area contributed by atoms with Crippen molar-refractivity contribution in [2.45, 2.75) is 23.1 Å². The molecule has 0 bridgehead atoms. The average Bonchev–Trinajstić information content (AvgIpc) is 2.87. The van der Waals surface area contributed by atoms with E-state index < -0.39 is 23.1 Å². The first-order chi connectivity index (χ1) is 15.8. The molecule has 0 unspecified atom stereocenters. The SMILES string of the molecule is c1cc2c3c(c1)C14OCCOC1(OCCO4)c1cccc(c1-3)C13OCCOC21OCCO3. The van der Waals surface area contributed by atoms with E-state index in [1.54, 1.807) is 0 Å². The fourth-order valence-electron chi connectivity index (χ4n) is 6.48. The fourth-order valence-corrected chi connectivity index (χ4v) is 6.48. The van der Waals surface area contributed by atoms with Gasteiger partial charge in [-0.15, -0.1) is 0 Å². The highest BCUT2D eigenvalue weighted by atomic mass is 16.8. The monoisotopic (exact) mass is 438 g/mol. The Balaban J connectivity index is 1.55. The summed E-state index contributed by atoms with van der Waals surface area (Å²) in [5.74, 6) is -4.88. The van der Waals surface area contributed by atoms with Crippen LogP contribution in [0.1, 0.15) is 22.3 Å². The molecule has 0 amide bonds. The molecule has 0 aromatic heterocycles. The summed E-state index contributed by atoms with van der Waals surface area (Å²) in [6.45, 7) is 3.21. The van der Waals surface area contributed by atoms with E-state index in [2.05, 4.69) is 0 Å². The molecule has 4 fully saturated rings. The lowest BCUT2D eigenvalue weighted by atomic mass is 9.66. The third-order valence-electron chi connectivity index (χ3n) is 7.44. The standard InChI is InChI=1S/C24H22O8/c1-3-15-19-16(4-1)22-24(31-13-9-27-22,32-14-10-28-22)18-6-2-5-17(20(18)19)23-21(15,25-7-11-29-23)26-8-12-30-23/h1-6H,7-14H2. The quantitative estimate of drug-likeness (QED) is 0.620. The van der Waals surface area contributed by atoms with Crippen LogP contribution in [0, 0.1) is 0 Å². The van der Waals surface area contributed by atoms with Gasteiger partial charge in [0.05, 0.1) is 52.9 Å². The van der Waals surface area contributed by atoms with Crippen molar-refractivity contribution in [1.82, 2.24) is 0 Å². The lowest BCUT2D eigenvalue weighted by molar-refractivity contribution is -0.488. The molecule has 8 nitrogen and oxygen atoms in total. The van der Waals surface area contributed by atoms with Crippen molar-refractivity contribution in [1.29, 1.82) is 0 Å². The Morgan fingerprint density at radius 3 is 0.812 bits per heavy atom. The second-order valence-electron chi connectivity index (χ2n) is 8.71. The van der Waals surface area contributed by atoms with E-state index in [9.17, 15) is 0 Å². The number of ether oxygens (including phenoxy) is 8. The van der Waals surface area contributed by atoms with Gasteiger partial charge >= 0.3 is 0 Å². The summed E-state index contributed by atoms with van der Waals surface area (Å²) in [5, 5.41) is 0. The molecule has 0 atom stereocenters. The molecule has 4 saturated heterocycles. The largest absolute Gasteiger partial charge is 0.339 e. The van der Waals surface area contributed by atoms with E-state index in [-0.39, 0.29) is 0 Å². The van der Waals surface area contributed by atoms with Crippen LogP contribution in [-0.4, -0.2) is 52.9 Å². The van der Waals surface area contributed by atoms with Gasteiger partial charge < -0.3 is 37.9 Å². The summed E-state index contributed by atoms with van der Waals surface area (Å²) in [4.78, 5) is 0. The van der Waals surface area contributed by atoms with Gasteiger partial charge in [-0.2, -0.15) is 0 Å². The van der Waals surface area contributed by atoms with E-state index >= 15 is 0 Å². The molecule has 2 aliphatic carbocycles. The number of benzene rings is 2.